The SMILES string of the molecule is O=C(c1ccc(Br)c(F)c1)c1c[nH]c2c(Cl)cccc12. The van der Waals surface area contributed by atoms with Crippen molar-refractivity contribution in [1.82, 2.24) is 4.98 Å². The highest BCUT2D eigenvalue weighted by Crippen LogP contribution is 2.27. The van der Waals surface area contributed by atoms with Crippen LogP contribution in [0.1, 0.15) is 15.9 Å². The minimum Gasteiger partial charge on any atom is -0.359 e. The fourth-order valence-electron chi connectivity index (χ4n) is 2.10. The second-order valence-corrected chi connectivity index (χ2v) is 5.58. The molecule has 100 valence electrons. The van der Waals surface area contributed by atoms with E-state index >= 15 is 0 Å². The zero-order valence-electron chi connectivity index (χ0n) is 10.1. The summed E-state index contributed by atoms with van der Waals surface area (Å²) in [7, 11) is 0. The maximum Gasteiger partial charge on any atom is 0.195 e. The van der Waals surface area contributed by atoms with Gasteiger partial charge in [0, 0.05) is 22.7 Å². The van der Waals surface area contributed by atoms with Gasteiger partial charge >= 0.3 is 0 Å². The van der Waals surface area contributed by atoms with Crippen molar-refractivity contribution in [2.24, 2.45) is 0 Å². The molecule has 2 aromatic carbocycles. The fourth-order valence-corrected chi connectivity index (χ4v) is 2.57. The van der Waals surface area contributed by atoms with Gasteiger partial charge in [-0.05, 0) is 40.2 Å². The molecular weight excluding hydrogens is 345 g/mol. The molecule has 3 aromatic rings. The van der Waals surface area contributed by atoms with Crippen molar-refractivity contribution < 1.29 is 9.18 Å². The largest absolute Gasteiger partial charge is 0.359 e. The third kappa shape index (κ3) is 2.15. The number of aromatic nitrogens is 1. The molecule has 2 nitrogen and oxygen atoms in total. The number of para-hydroxylation sites is 1. The van der Waals surface area contributed by atoms with Gasteiger partial charge in [-0.25, -0.2) is 4.39 Å². The van der Waals surface area contributed by atoms with Crippen LogP contribution >= 0.6 is 27.5 Å². The van der Waals surface area contributed by atoms with E-state index in [9.17, 15) is 9.18 Å². The molecule has 0 spiro atoms. The van der Waals surface area contributed by atoms with Gasteiger partial charge in [-0.1, -0.05) is 23.7 Å². The van der Waals surface area contributed by atoms with E-state index in [1.54, 1.807) is 30.5 Å². The Hall–Kier alpha value is -1.65. The van der Waals surface area contributed by atoms with Gasteiger partial charge < -0.3 is 4.98 Å². The number of nitrogens with one attached hydrogen (secondary N) is 1. The number of rotatable bonds is 2. The van der Waals surface area contributed by atoms with E-state index in [1.807, 2.05) is 0 Å². The predicted molar refractivity (Wildman–Crippen MR) is 80.8 cm³/mol. The number of carbonyl (C=O) groups is 1. The second-order valence-electron chi connectivity index (χ2n) is 4.32. The topological polar surface area (TPSA) is 32.9 Å². The second kappa shape index (κ2) is 5.04. The zero-order valence-corrected chi connectivity index (χ0v) is 12.4. The van der Waals surface area contributed by atoms with Crippen molar-refractivity contribution >= 4 is 44.2 Å². The van der Waals surface area contributed by atoms with Crippen molar-refractivity contribution in [1.29, 1.82) is 0 Å². The Balaban J connectivity index is 2.13. The molecule has 0 aliphatic rings. The number of aromatic amines is 1. The summed E-state index contributed by atoms with van der Waals surface area (Å²) in [6.45, 7) is 0. The molecule has 1 N–H and O–H groups in total. The van der Waals surface area contributed by atoms with Crippen LogP contribution in [0, 0.1) is 5.82 Å². The highest BCUT2D eigenvalue weighted by molar-refractivity contribution is 9.10. The molecule has 3 rings (SSSR count). The van der Waals surface area contributed by atoms with E-state index in [-0.39, 0.29) is 5.78 Å². The highest BCUT2D eigenvalue weighted by atomic mass is 79.9. The number of fused-ring (bicyclic) bond motifs is 1. The molecule has 0 saturated carbocycles. The van der Waals surface area contributed by atoms with Gasteiger partial charge in [-0.15, -0.1) is 0 Å². The van der Waals surface area contributed by atoms with Crippen LogP contribution in [0.4, 0.5) is 4.39 Å². The Morgan fingerprint density at radius 2 is 2.05 bits per heavy atom. The standard InChI is InChI=1S/C15H8BrClFNO/c16-11-5-4-8(6-13(11)18)15(20)10-7-19-14-9(10)2-1-3-12(14)17/h1-7,19H. The average molecular weight is 353 g/mol. The molecule has 0 aliphatic heterocycles. The third-order valence-electron chi connectivity index (χ3n) is 3.09. The molecule has 0 fully saturated rings. The van der Waals surface area contributed by atoms with Crippen molar-refractivity contribution in [3.05, 3.63) is 69.0 Å². The first-order chi connectivity index (χ1) is 9.58. The van der Waals surface area contributed by atoms with Crippen LogP contribution in [0.25, 0.3) is 10.9 Å². The molecule has 0 saturated heterocycles. The van der Waals surface area contributed by atoms with Gasteiger partial charge in [0.25, 0.3) is 0 Å². The van der Waals surface area contributed by atoms with Crippen LogP contribution in [0.5, 0.6) is 0 Å². The maximum absolute atomic E-state index is 13.5. The van der Waals surface area contributed by atoms with E-state index in [0.717, 1.165) is 5.39 Å². The maximum atomic E-state index is 13.5. The van der Waals surface area contributed by atoms with Crippen molar-refractivity contribution in [2.45, 2.75) is 0 Å². The number of H-pyrrole nitrogens is 1. The molecule has 0 unspecified atom stereocenters. The number of hydrogen-bond donors (Lipinski definition) is 1. The average Bonchev–Trinajstić information content (AvgIpc) is 2.86. The molecule has 0 amide bonds. The van der Waals surface area contributed by atoms with Crippen LogP contribution in [0.2, 0.25) is 5.02 Å². The Bertz CT molecular complexity index is 828. The minimum atomic E-state index is -0.464. The van der Waals surface area contributed by atoms with Crippen LogP contribution in [0.15, 0.2) is 47.1 Å². The molecule has 5 heteroatoms. The predicted octanol–water partition coefficient (Wildman–Crippen LogP) is 4.95. The Labute approximate surface area is 127 Å². The van der Waals surface area contributed by atoms with Gasteiger partial charge in [0.05, 0.1) is 15.0 Å². The smallest absolute Gasteiger partial charge is 0.195 e. The third-order valence-corrected chi connectivity index (χ3v) is 4.05. The monoisotopic (exact) mass is 351 g/mol. The van der Waals surface area contributed by atoms with Gasteiger partial charge in [0.2, 0.25) is 0 Å². The van der Waals surface area contributed by atoms with Crippen LogP contribution in [-0.2, 0) is 0 Å². The first kappa shape index (κ1) is 13.3. The molecule has 0 bridgehead atoms. The molecule has 0 aliphatic carbocycles. The number of ketones is 1. The normalized spacial score (nSPS) is 10.9. The molecular formula is C15H8BrClFNO. The lowest BCUT2D eigenvalue weighted by Gasteiger charge is -2.01. The van der Waals surface area contributed by atoms with Gasteiger partial charge in [-0.2, -0.15) is 0 Å². The molecule has 0 radical (unpaired) electrons. The van der Waals surface area contributed by atoms with E-state index in [4.69, 9.17) is 11.6 Å². The van der Waals surface area contributed by atoms with Crippen molar-refractivity contribution in [3.8, 4) is 0 Å². The Morgan fingerprint density at radius 1 is 1.25 bits per heavy atom. The molecule has 1 heterocycles. The lowest BCUT2D eigenvalue weighted by atomic mass is 10.0. The number of benzene rings is 2. The summed E-state index contributed by atoms with van der Waals surface area (Å²) < 4.78 is 13.9. The van der Waals surface area contributed by atoms with Gasteiger partial charge in [0.1, 0.15) is 5.82 Å². The Morgan fingerprint density at radius 3 is 2.80 bits per heavy atom. The molecule has 0 atom stereocenters. The van der Waals surface area contributed by atoms with Crippen molar-refractivity contribution in [2.75, 3.05) is 0 Å². The van der Waals surface area contributed by atoms with Crippen LogP contribution < -0.4 is 0 Å². The van der Waals surface area contributed by atoms with E-state index in [1.165, 1.54) is 12.1 Å². The fraction of sp³-hybridized carbons (Fsp3) is 0. The summed E-state index contributed by atoms with van der Waals surface area (Å²) in [6.07, 6.45) is 1.60. The van der Waals surface area contributed by atoms with Crippen LogP contribution in [-0.4, -0.2) is 10.8 Å². The summed E-state index contributed by atoms with van der Waals surface area (Å²) in [6, 6.07) is 9.64. The van der Waals surface area contributed by atoms with E-state index < -0.39 is 5.82 Å². The number of halogens is 3. The quantitative estimate of drug-likeness (QED) is 0.650. The number of carbonyl (C=O) groups excluding carboxylic acids is 1. The van der Waals surface area contributed by atoms with Crippen LogP contribution in [0.3, 0.4) is 0 Å². The lowest BCUT2D eigenvalue weighted by molar-refractivity contribution is 0.104. The summed E-state index contributed by atoms with van der Waals surface area (Å²) in [4.78, 5) is 15.4. The molecule has 1 aromatic heterocycles. The van der Waals surface area contributed by atoms with Gasteiger partial charge in [-0.3, -0.25) is 4.79 Å². The first-order valence-electron chi connectivity index (χ1n) is 5.83. The summed E-state index contributed by atoms with van der Waals surface area (Å²) in [5.74, 6) is -0.710. The minimum absolute atomic E-state index is 0.245. The molecule has 20 heavy (non-hydrogen) atoms. The summed E-state index contributed by atoms with van der Waals surface area (Å²) in [5, 5.41) is 1.27. The first-order valence-corrected chi connectivity index (χ1v) is 7.00. The van der Waals surface area contributed by atoms with Crippen molar-refractivity contribution in [3.63, 3.8) is 0 Å². The highest BCUT2D eigenvalue weighted by Gasteiger charge is 2.16. The lowest BCUT2D eigenvalue weighted by Crippen LogP contribution is -2.01. The number of hydrogen-bond acceptors (Lipinski definition) is 1. The van der Waals surface area contributed by atoms with Gasteiger partial charge in [0.15, 0.2) is 5.78 Å². The summed E-state index contributed by atoms with van der Waals surface area (Å²) >= 11 is 9.12. The van der Waals surface area contributed by atoms with E-state index in [2.05, 4.69) is 20.9 Å². The zero-order chi connectivity index (χ0) is 14.3. The Kier molecular flexibility index (Phi) is 3.36. The van der Waals surface area contributed by atoms with E-state index in [0.29, 0.717) is 26.1 Å². The summed E-state index contributed by atoms with van der Waals surface area (Å²) in [5.41, 5.74) is 1.48.